The first kappa shape index (κ1) is 24.6. The van der Waals surface area contributed by atoms with E-state index in [2.05, 4.69) is 10.2 Å². The van der Waals surface area contributed by atoms with E-state index in [0.717, 1.165) is 71.4 Å². The zero-order chi connectivity index (χ0) is 23.1. The molecule has 9 heteroatoms. The van der Waals surface area contributed by atoms with Crippen LogP contribution in [0.1, 0.15) is 42.5 Å². The summed E-state index contributed by atoms with van der Waals surface area (Å²) in [5.74, 6) is 0.953. The van der Waals surface area contributed by atoms with Gasteiger partial charge in [-0.15, -0.1) is 0 Å². The number of hydrogen-bond acceptors (Lipinski definition) is 6. The van der Waals surface area contributed by atoms with E-state index in [-0.39, 0.29) is 11.8 Å². The molecule has 0 atom stereocenters. The number of hydrogen-bond donors (Lipinski definition) is 3. The fourth-order valence-electron chi connectivity index (χ4n) is 4.58. The first-order valence-corrected chi connectivity index (χ1v) is 11.9. The molecule has 0 bridgehead atoms. The van der Waals surface area contributed by atoms with Crippen LogP contribution in [0.15, 0.2) is 12.1 Å². The smallest absolute Gasteiger partial charge is 0.255 e. The van der Waals surface area contributed by atoms with Crippen LogP contribution in [0, 0.1) is 11.8 Å². The minimum atomic E-state index is -0.233. The quantitative estimate of drug-likeness (QED) is 0.506. The molecule has 1 aromatic rings. The molecule has 2 aliphatic heterocycles. The van der Waals surface area contributed by atoms with Crippen LogP contribution < -0.4 is 21.5 Å². The molecule has 8 nitrogen and oxygen atoms in total. The zero-order valence-corrected chi connectivity index (χ0v) is 19.7. The maximum atomic E-state index is 12.9. The van der Waals surface area contributed by atoms with E-state index < -0.39 is 0 Å². The SMILES string of the molecule is COc1cc(N)c(Cl)cc1C(=O)NCC1CCN(C(=O)C2CCN(CCCN)CC2)CC1. The van der Waals surface area contributed by atoms with E-state index in [4.69, 9.17) is 27.8 Å². The molecule has 3 rings (SSSR count). The third kappa shape index (κ3) is 6.27. The van der Waals surface area contributed by atoms with Crippen molar-refractivity contribution in [3.8, 4) is 5.75 Å². The summed E-state index contributed by atoms with van der Waals surface area (Å²) in [5, 5.41) is 3.31. The number of carbonyl (C=O) groups is 2. The van der Waals surface area contributed by atoms with Crippen LogP contribution in [-0.2, 0) is 4.79 Å². The van der Waals surface area contributed by atoms with Crippen LogP contribution >= 0.6 is 11.6 Å². The fraction of sp³-hybridized carbons (Fsp3) is 0.652. The Kier molecular flexibility index (Phi) is 9.02. The van der Waals surface area contributed by atoms with Crippen LogP contribution in [-0.4, -0.2) is 74.5 Å². The van der Waals surface area contributed by atoms with Crippen molar-refractivity contribution in [3.63, 3.8) is 0 Å². The molecule has 2 fully saturated rings. The number of ether oxygens (including phenoxy) is 1. The highest BCUT2D eigenvalue weighted by Gasteiger charge is 2.31. The second kappa shape index (κ2) is 11.7. The Morgan fingerprint density at radius 2 is 1.84 bits per heavy atom. The molecule has 5 N–H and O–H groups in total. The summed E-state index contributed by atoms with van der Waals surface area (Å²) in [4.78, 5) is 30.0. The number of anilines is 1. The number of amides is 2. The van der Waals surface area contributed by atoms with Crippen molar-refractivity contribution < 1.29 is 14.3 Å². The van der Waals surface area contributed by atoms with Gasteiger partial charge in [0.15, 0.2) is 0 Å². The average Bonchev–Trinajstić information content (AvgIpc) is 2.82. The number of nitrogens with zero attached hydrogens (tertiary/aromatic N) is 2. The van der Waals surface area contributed by atoms with Crippen LogP contribution in [0.3, 0.4) is 0 Å². The Balaban J connectivity index is 1.42. The summed E-state index contributed by atoms with van der Waals surface area (Å²) < 4.78 is 5.27. The maximum absolute atomic E-state index is 12.9. The highest BCUT2D eigenvalue weighted by molar-refractivity contribution is 6.33. The molecule has 0 radical (unpaired) electrons. The Morgan fingerprint density at radius 1 is 1.16 bits per heavy atom. The highest BCUT2D eigenvalue weighted by atomic mass is 35.5. The van der Waals surface area contributed by atoms with Crippen molar-refractivity contribution in [3.05, 3.63) is 22.7 Å². The summed E-state index contributed by atoms with van der Waals surface area (Å²) in [7, 11) is 1.50. The van der Waals surface area contributed by atoms with Gasteiger partial charge in [0.05, 0.1) is 23.4 Å². The summed E-state index contributed by atoms with van der Waals surface area (Å²) in [5.41, 5.74) is 12.1. The molecule has 178 valence electrons. The lowest BCUT2D eigenvalue weighted by molar-refractivity contribution is -0.138. The maximum Gasteiger partial charge on any atom is 0.255 e. The molecule has 2 heterocycles. The second-order valence-corrected chi connectivity index (χ2v) is 9.22. The standard InChI is InChI=1S/C23H36ClN5O3/c1-32-21-14-20(26)19(24)13-18(21)22(30)27-15-16-3-11-29(12-4-16)23(31)17-5-9-28(10-6-17)8-2-7-25/h13-14,16-17H,2-12,15,25-26H2,1H3,(H,27,30). The second-order valence-electron chi connectivity index (χ2n) is 8.81. The molecule has 2 aliphatic rings. The van der Waals surface area contributed by atoms with Gasteiger partial charge in [0.2, 0.25) is 5.91 Å². The molecule has 0 spiro atoms. The van der Waals surface area contributed by atoms with E-state index >= 15 is 0 Å². The number of nitrogens with two attached hydrogens (primary N) is 2. The third-order valence-corrected chi connectivity index (χ3v) is 6.98. The molecule has 0 unspecified atom stereocenters. The monoisotopic (exact) mass is 465 g/mol. The molecule has 2 amide bonds. The van der Waals surface area contributed by atoms with E-state index in [1.807, 2.05) is 4.90 Å². The van der Waals surface area contributed by atoms with Crippen molar-refractivity contribution in [1.82, 2.24) is 15.1 Å². The lowest BCUT2D eigenvalue weighted by Gasteiger charge is -2.37. The van der Waals surface area contributed by atoms with Gasteiger partial charge >= 0.3 is 0 Å². The van der Waals surface area contributed by atoms with Gasteiger partial charge < -0.3 is 31.3 Å². The number of rotatable bonds is 8. The minimum absolute atomic E-state index is 0.142. The van der Waals surface area contributed by atoms with Crippen molar-refractivity contribution in [2.24, 2.45) is 17.6 Å². The van der Waals surface area contributed by atoms with Crippen LogP contribution in [0.2, 0.25) is 5.02 Å². The number of likely N-dealkylation sites (tertiary alicyclic amines) is 2. The third-order valence-electron chi connectivity index (χ3n) is 6.66. The zero-order valence-electron chi connectivity index (χ0n) is 18.9. The summed E-state index contributed by atoms with van der Waals surface area (Å²) >= 11 is 6.07. The van der Waals surface area contributed by atoms with Gasteiger partial charge in [0, 0.05) is 31.6 Å². The van der Waals surface area contributed by atoms with Crippen molar-refractivity contribution >= 4 is 29.1 Å². The number of halogens is 1. The molecular weight excluding hydrogens is 430 g/mol. The number of nitrogens with one attached hydrogen (secondary N) is 1. The average molecular weight is 466 g/mol. The van der Waals surface area contributed by atoms with E-state index in [9.17, 15) is 9.59 Å². The number of methoxy groups -OCH3 is 1. The number of benzene rings is 1. The van der Waals surface area contributed by atoms with Crippen LogP contribution in [0.5, 0.6) is 5.75 Å². The fourth-order valence-corrected chi connectivity index (χ4v) is 4.75. The molecule has 0 saturated carbocycles. The van der Waals surface area contributed by atoms with E-state index in [1.165, 1.54) is 13.2 Å². The number of carbonyl (C=O) groups excluding carboxylic acids is 2. The Labute approximate surface area is 195 Å². The van der Waals surface area contributed by atoms with Crippen LogP contribution in [0.4, 0.5) is 5.69 Å². The molecule has 2 saturated heterocycles. The first-order chi connectivity index (χ1) is 15.4. The Bertz CT molecular complexity index is 790. The molecule has 32 heavy (non-hydrogen) atoms. The normalized spacial score (nSPS) is 18.5. The van der Waals surface area contributed by atoms with Crippen LogP contribution in [0.25, 0.3) is 0 Å². The highest BCUT2D eigenvalue weighted by Crippen LogP contribution is 2.29. The van der Waals surface area contributed by atoms with Crippen molar-refractivity contribution in [2.75, 3.05) is 58.7 Å². The van der Waals surface area contributed by atoms with Gasteiger partial charge in [-0.05, 0) is 70.3 Å². The van der Waals surface area contributed by atoms with Gasteiger partial charge in [-0.25, -0.2) is 0 Å². The van der Waals surface area contributed by atoms with Gasteiger partial charge in [-0.1, -0.05) is 11.6 Å². The lowest BCUT2D eigenvalue weighted by atomic mass is 9.92. The minimum Gasteiger partial charge on any atom is -0.496 e. The van der Waals surface area contributed by atoms with Crippen molar-refractivity contribution in [2.45, 2.75) is 32.1 Å². The van der Waals surface area contributed by atoms with E-state index in [0.29, 0.717) is 40.4 Å². The molecule has 1 aromatic carbocycles. The van der Waals surface area contributed by atoms with E-state index in [1.54, 1.807) is 6.07 Å². The number of piperidine rings is 2. The lowest BCUT2D eigenvalue weighted by Crippen LogP contribution is -2.46. The van der Waals surface area contributed by atoms with Crippen molar-refractivity contribution in [1.29, 1.82) is 0 Å². The molecule has 0 aromatic heterocycles. The predicted molar refractivity (Wildman–Crippen MR) is 127 cm³/mol. The summed E-state index contributed by atoms with van der Waals surface area (Å²) in [6, 6.07) is 3.09. The predicted octanol–water partition coefficient (Wildman–Crippen LogP) is 1.96. The Morgan fingerprint density at radius 3 is 2.47 bits per heavy atom. The summed E-state index contributed by atoms with van der Waals surface area (Å²) in [6.07, 6.45) is 4.67. The van der Waals surface area contributed by atoms with Gasteiger partial charge in [-0.2, -0.15) is 0 Å². The Hall–Kier alpha value is -2.03. The largest absolute Gasteiger partial charge is 0.496 e. The number of nitrogen functional groups attached to an aromatic ring is 1. The molecular formula is C23H36ClN5O3. The van der Waals surface area contributed by atoms with Gasteiger partial charge in [0.1, 0.15) is 5.75 Å². The summed E-state index contributed by atoms with van der Waals surface area (Å²) in [6.45, 7) is 5.78. The first-order valence-electron chi connectivity index (χ1n) is 11.5. The molecule has 0 aliphatic carbocycles. The topological polar surface area (TPSA) is 114 Å². The van der Waals surface area contributed by atoms with Gasteiger partial charge in [0.25, 0.3) is 5.91 Å². The van der Waals surface area contributed by atoms with Gasteiger partial charge in [-0.3, -0.25) is 9.59 Å².